The maximum Gasteiger partial charge on any atom is 0.223 e. The van der Waals surface area contributed by atoms with Gasteiger partial charge in [0.25, 0.3) is 0 Å². The topological polar surface area (TPSA) is 38.1 Å². The molecule has 2 aromatic carbocycles. The second-order valence-corrected chi connectivity index (χ2v) is 9.21. The van der Waals surface area contributed by atoms with Gasteiger partial charge < -0.3 is 9.47 Å². The van der Waals surface area contributed by atoms with Crippen molar-refractivity contribution in [3.8, 4) is 0 Å². The van der Waals surface area contributed by atoms with Crippen LogP contribution in [-0.4, -0.2) is 33.4 Å². The molecule has 1 unspecified atom stereocenters. The Labute approximate surface area is 192 Å². The van der Waals surface area contributed by atoms with E-state index < -0.39 is 0 Å². The van der Waals surface area contributed by atoms with Gasteiger partial charge in [0, 0.05) is 32.0 Å². The second-order valence-electron chi connectivity index (χ2n) is 9.21. The molecule has 1 saturated heterocycles. The predicted octanol–water partition coefficient (Wildman–Crippen LogP) is 6.35. The van der Waals surface area contributed by atoms with Crippen molar-refractivity contribution in [3.63, 3.8) is 0 Å². The number of likely N-dealkylation sites (tertiary alicyclic amines) is 1. The molecule has 1 fully saturated rings. The molecule has 1 atom stereocenters. The number of unbranched alkanes of at least 4 members (excludes halogenated alkanes) is 6. The molecular weight excluding hydrogens is 394 g/mol. The van der Waals surface area contributed by atoms with Crippen LogP contribution >= 0.6 is 0 Å². The summed E-state index contributed by atoms with van der Waals surface area (Å²) in [6.45, 7) is 4.84. The number of fused-ring (bicyclic) bond motifs is 1. The van der Waals surface area contributed by atoms with Gasteiger partial charge in [-0.3, -0.25) is 4.79 Å². The average Bonchev–Trinajstić information content (AvgIpc) is 3.38. The summed E-state index contributed by atoms with van der Waals surface area (Å²) in [6.07, 6.45) is 10.6. The lowest BCUT2D eigenvalue weighted by Gasteiger charge is -2.17. The van der Waals surface area contributed by atoms with Gasteiger partial charge in [-0.1, -0.05) is 87.9 Å². The summed E-state index contributed by atoms with van der Waals surface area (Å²) >= 11 is 0. The molecule has 0 saturated carbocycles. The lowest BCUT2D eigenvalue weighted by atomic mass is 10.1. The molecule has 0 radical (unpaired) electrons. The van der Waals surface area contributed by atoms with Gasteiger partial charge in [0.2, 0.25) is 5.91 Å². The van der Waals surface area contributed by atoms with E-state index in [1.807, 2.05) is 11.0 Å². The van der Waals surface area contributed by atoms with Gasteiger partial charge in [-0.05, 0) is 30.5 Å². The number of amides is 1. The van der Waals surface area contributed by atoms with Crippen LogP contribution in [0.15, 0.2) is 54.6 Å². The molecule has 0 bridgehead atoms. The zero-order valence-electron chi connectivity index (χ0n) is 19.5. The van der Waals surface area contributed by atoms with Crippen LogP contribution in [0.25, 0.3) is 11.0 Å². The summed E-state index contributed by atoms with van der Waals surface area (Å²) < 4.78 is 2.40. The van der Waals surface area contributed by atoms with Crippen molar-refractivity contribution < 1.29 is 4.79 Å². The molecule has 4 heteroatoms. The quantitative estimate of drug-likeness (QED) is 0.314. The zero-order chi connectivity index (χ0) is 22.2. The van der Waals surface area contributed by atoms with Crippen LogP contribution in [0.1, 0.15) is 75.6 Å². The van der Waals surface area contributed by atoms with Gasteiger partial charge in [0.15, 0.2) is 0 Å². The Hall–Kier alpha value is -2.62. The monoisotopic (exact) mass is 431 g/mol. The molecule has 4 nitrogen and oxygen atoms in total. The van der Waals surface area contributed by atoms with Crippen LogP contribution in [0, 0.1) is 0 Å². The molecule has 1 aromatic heterocycles. The molecule has 3 aromatic rings. The maximum atomic E-state index is 12.8. The summed E-state index contributed by atoms with van der Waals surface area (Å²) in [4.78, 5) is 19.8. The predicted molar refractivity (Wildman–Crippen MR) is 132 cm³/mol. The van der Waals surface area contributed by atoms with Gasteiger partial charge in [0.05, 0.1) is 11.0 Å². The van der Waals surface area contributed by atoms with E-state index in [0.29, 0.717) is 6.42 Å². The van der Waals surface area contributed by atoms with Crippen LogP contribution in [0.4, 0.5) is 0 Å². The van der Waals surface area contributed by atoms with E-state index in [2.05, 4.69) is 60.0 Å². The van der Waals surface area contributed by atoms with Gasteiger partial charge in [-0.2, -0.15) is 0 Å². The number of hydrogen-bond donors (Lipinski definition) is 0. The number of imidazole rings is 1. The van der Waals surface area contributed by atoms with Crippen molar-refractivity contribution in [3.05, 3.63) is 66.0 Å². The number of hydrogen-bond acceptors (Lipinski definition) is 2. The molecular formula is C28H37N3O. The Morgan fingerprint density at radius 1 is 0.875 bits per heavy atom. The minimum absolute atomic E-state index is 0.190. The van der Waals surface area contributed by atoms with Crippen molar-refractivity contribution >= 4 is 16.9 Å². The largest absolute Gasteiger partial charge is 0.342 e. The number of nitrogens with zero attached hydrogens (tertiary/aromatic N) is 3. The SMILES string of the molecule is CCCCCCCCCn1c(C2CC(=O)N(CCc3ccccc3)C2)nc2ccccc21. The standard InChI is InChI=1S/C28H37N3O/c1-2-3-4-5-6-7-13-19-31-26-17-12-11-16-25(26)29-28(31)24-21-27(32)30(22-24)20-18-23-14-9-8-10-15-23/h8-12,14-17,24H,2-7,13,18-22H2,1H3. The average molecular weight is 432 g/mol. The number of carbonyl (C=O) groups is 1. The molecule has 0 aliphatic carbocycles. The fourth-order valence-electron chi connectivity index (χ4n) is 4.94. The number of benzene rings is 2. The van der Waals surface area contributed by atoms with Crippen LogP contribution < -0.4 is 0 Å². The Morgan fingerprint density at radius 3 is 2.41 bits per heavy atom. The van der Waals surface area contributed by atoms with E-state index in [4.69, 9.17) is 4.98 Å². The lowest BCUT2D eigenvalue weighted by Crippen LogP contribution is -2.27. The van der Waals surface area contributed by atoms with Crippen molar-refractivity contribution in [1.82, 2.24) is 14.5 Å². The highest BCUT2D eigenvalue weighted by molar-refractivity contribution is 5.81. The smallest absolute Gasteiger partial charge is 0.223 e. The highest BCUT2D eigenvalue weighted by Gasteiger charge is 2.33. The van der Waals surface area contributed by atoms with Crippen molar-refractivity contribution in [2.24, 2.45) is 0 Å². The fraction of sp³-hybridized carbons (Fsp3) is 0.500. The van der Waals surface area contributed by atoms with Crippen LogP contribution in [-0.2, 0) is 17.8 Å². The Kier molecular flexibility index (Phi) is 7.97. The summed E-state index contributed by atoms with van der Waals surface area (Å²) in [5, 5.41) is 0. The third-order valence-corrected chi connectivity index (χ3v) is 6.76. The fourth-order valence-corrected chi connectivity index (χ4v) is 4.94. The lowest BCUT2D eigenvalue weighted by molar-refractivity contribution is -0.127. The molecule has 170 valence electrons. The first-order valence-corrected chi connectivity index (χ1v) is 12.5. The highest BCUT2D eigenvalue weighted by Crippen LogP contribution is 2.31. The first-order valence-electron chi connectivity index (χ1n) is 12.5. The highest BCUT2D eigenvalue weighted by atomic mass is 16.2. The van der Waals surface area contributed by atoms with Gasteiger partial charge in [-0.25, -0.2) is 4.98 Å². The van der Waals surface area contributed by atoms with E-state index >= 15 is 0 Å². The van der Waals surface area contributed by atoms with Crippen LogP contribution in [0.2, 0.25) is 0 Å². The molecule has 4 rings (SSSR count). The molecule has 1 amide bonds. The first-order chi connectivity index (χ1) is 15.8. The van der Waals surface area contributed by atoms with Gasteiger partial charge in [0.1, 0.15) is 5.82 Å². The van der Waals surface area contributed by atoms with Gasteiger partial charge in [-0.15, -0.1) is 0 Å². The van der Waals surface area contributed by atoms with Crippen molar-refractivity contribution in [2.45, 2.75) is 77.2 Å². The maximum absolute atomic E-state index is 12.8. The first kappa shape index (κ1) is 22.6. The van der Waals surface area contributed by atoms with Crippen LogP contribution in [0.3, 0.4) is 0 Å². The summed E-state index contributed by atoms with van der Waals surface area (Å²) in [5.41, 5.74) is 3.55. The van der Waals surface area contributed by atoms with Crippen LogP contribution in [0.5, 0.6) is 0 Å². The minimum atomic E-state index is 0.190. The molecule has 0 N–H and O–H groups in total. The molecule has 1 aliphatic heterocycles. The van der Waals surface area contributed by atoms with Gasteiger partial charge >= 0.3 is 0 Å². The third kappa shape index (κ3) is 5.59. The second kappa shape index (κ2) is 11.3. The van der Waals surface area contributed by atoms with E-state index in [1.165, 1.54) is 56.0 Å². The number of carbonyl (C=O) groups excluding carboxylic acids is 1. The third-order valence-electron chi connectivity index (χ3n) is 6.76. The molecule has 32 heavy (non-hydrogen) atoms. The zero-order valence-corrected chi connectivity index (χ0v) is 19.5. The molecule has 1 aliphatic rings. The number of aromatic nitrogens is 2. The number of para-hydroxylation sites is 2. The normalized spacial score (nSPS) is 16.3. The Morgan fingerprint density at radius 2 is 1.59 bits per heavy atom. The summed E-state index contributed by atoms with van der Waals surface area (Å²) in [5.74, 6) is 1.56. The summed E-state index contributed by atoms with van der Waals surface area (Å²) in [7, 11) is 0. The Balaban J connectivity index is 1.40. The molecule has 0 spiro atoms. The number of rotatable bonds is 12. The molecule has 2 heterocycles. The van der Waals surface area contributed by atoms with E-state index in [9.17, 15) is 4.79 Å². The summed E-state index contributed by atoms with van der Waals surface area (Å²) in [6, 6.07) is 18.9. The number of aryl methyl sites for hydroxylation is 1. The van der Waals surface area contributed by atoms with E-state index in [-0.39, 0.29) is 11.8 Å². The Bertz CT molecular complexity index is 994. The van der Waals surface area contributed by atoms with Crippen molar-refractivity contribution in [2.75, 3.05) is 13.1 Å². The van der Waals surface area contributed by atoms with E-state index in [1.54, 1.807) is 0 Å². The van der Waals surface area contributed by atoms with Crippen molar-refractivity contribution in [1.29, 1.82) is 0 Å². The van der Waals surface area contributed by atoms with E-state index in [0.717, 1.165) is 37.4 Å². The minimum Gasteiger partial charge on any atom is -0.342 e.